The summed E-state index contributed by atoms with van der Waals surface area (Å²) in [6.45, 7) is 11.9. The molecule has 0 radical (unpaired) electrons. The van der Waals surface area contributed by atoms with E-state index in [4.69, 9.17) is 4.74 Å². The SMILES string of the molecule is CC1(C)CCc2c(-c3cc(F)nc(N[C@@H]4CCN(C=O)C4)c3)n[nH]c2C1.COC.COC(C)(C)C. The van der Waals surface area contributed by atoms with Crippen LogP contribution in [0.5, 0.6) is 0 Å². The highest BCUT2D eigenvalue weighted by Crippen LogP contribution is 2.38. The number of amides is 1. The summed E-state index contributed by atoms with van der Waals surface area (Å²) < 4.78 is 23.3. The number of nitrogens with zero attached hydrogens (tertiary/aromatic N) is 3. The molecule has 2 aromatic rings. The first-order chi connectivity index (χ1) is 16.4. The number of methoxy groups -OCH3 is 2. The van der Waals surface area contributed by atoms with Crippen LogP contribution in [0.25, 0.3) is 11.3 Å². The fraction of sp³-hybridized carbons (Fsp3) is 0.654. The number of pyridine rings is 1. The van der Waals surface area contributed by atoms with Crippen molar-refractivity contribution in [3.63, 3.8) is 0 Å². The molecule has 8 nitrogen and oxygen atoms in total. The molecule has 1 aliphatic carbocycles. The van der Waals surface area contributed by atoms with E-state index in [1.165, 1.54) is 11.6 Å². The fourth-order valence-electron chi connectivity index (χ4n) is 4.00. The monoisotopic (exact) mass is 491 g/mol. The highest BCUT2D eigenvalue weighted by Gasteiger charge is 2.29. The van der Waals surface area contributed by atoms with Gasteiger partial charge in [0.15, 0.2) is 0 Å². The number of ether oxygens (including phenoxy) is 2. The van der Waals surface area contributed by atoms with Gasteiger partial charge in [0, 0.05) is 63.3 Å². The van der Waals surface area contributed by atoms with Gasteiger partial charge in [0.25, 0.3) is 0 Å². The number of aromatic nitrogens is 3. The summed E-state index contributed by atoms with van der Waals surface area (Å²) in [6, 6.07) is 3.38. The van der Waals surface area contributed by atoms with Crippen LogP contribution in [-0.2, 0) is 27.1 Å². The number of hydrogen-bond donors (Lipinski definition) is 2. The molecule has 3 heterocycles. The number of aromatic amines is 1. The van der Waals surface area contributed by atoms with Crippen molar-refractivity contribution in [2.45, 2.75) is 71.9 Å². The van der Waals surface area contributed by atoms with Gasteiger partial charge in [0.2, 0.25) is 12.4 Å². The molecule has 2 aromatic heterocycles. The van der Waals surface area contributed by atoms with Gasteiger partial charge < -0.3 is 19.7 Å². The zero-order valence-electron chi connectivity index (χ0n) is 22.5. The van der Waals surface area contributed by atoms with Crippen molar-refractivity contribution in [1.82, 2.24) is 20.1 Å². The molecule has 196 valence electrons. The first-order valence-electron chi connectivity index (χ1n) is 12.1. The maximum absolute atomic E-state index is 14.1. The Kier molecular flexibility index (Phi) is 10.2. The standard InChI is InChI=1S/C19H24FN5O.C5H12O.C2H6O/c1-19(2)5-3-14-15(9-19)23-24-18(14)12-7-16(20)22-17(8-12)21-13-4-6-25(10-13)11-26;1-5(2,3)6-4;1-3-2/h7-8,11,13H,3-6,9-10H2,1-2H3,(H,21,22)(H,23,24);1-4H3;1-2H3/t13-;;/m1../s1. The molecule has 1 saturated heterocycles. The van der Waals surface area contributed by atoms with Crippen molar-refractivity contribution in [2.75, 3.05) is 39.7 Å². The third-order valence-electron chi connectivity index (χ3n) is 6.06. The molecule has 0 bridgehead atoms. The van der Waals surface area contributed by atoms with Gasteiger partial charge in [-0.1, -0.05) is 13.8 Å². The van der Waals surface area contributed by atoms with Gasteiger partial charge in [-0.25, -0.2) is 4.98 Å². The Morgan fingerprint density at radius 1 is 1.26 bits per heavy atom. The first kappa shape index (κ1) is 28.7. The second kappa shape index (κ2) is 12.4. The topological polar surface area (TPSA) is 92.4 Å². The lowest BCUT2D eigenvalue weighted by atomic mass is 9.76. The maximum Gasteiger partial charge on any atom is 0.215 e. The Bertz CT molecular complexity index is 955. The largest absolute Gasteiger partial charge is 0.388 e. The summed E-state index contributed by atoms with van der Waals surface area (Å²) in [7, 11) is 4.96. The van der Waals surface area contributed by atoms with Gasteiger partial charge in [0.1, 0.15) is 5.82 Å². The summed E-state index contributed by atoms with van der Waals surface area (Å²) in [6.07, 6.45) is 4.67. The highest BCUT2D eigenvalue weighted by molar-refractivity contribution is 5.67. The second-order valence-electron chi connectivity index (χ2n) is 10.9. The molecule has 0 aromatic carbocycles. The van der Waals surface area contributed by atoms with Crippen molar-refractivity contribution in [1.29, 1.82) is 0 Å². The number of anilines is 1. The number of halogens is 1. The minimum absolute atomic E-state index is 0.0417. The number of fused-ring (bicyclic) bond motifs is 1. The average Bonchev–Trinajstić information content (AvgIpc) is 3.39. The number of hydrogen-bond acceptors (Lipinski definition) is 6. The van der Waals surface area contributed by atoms with E-state index < -0.39 is 5.95 Å². The van der Waals surface area contributed by atoms with E-state index in [1.54, 1.807) is 26.2 Å². The Balaban J connectivity index is 0.000000415. The van der Waals surface area contributed by atoms with Crippen LogP contribution in [0, 0.1) is 11.4 Å². The lowest BCUT2D eigenvalue weighted by Gasteiger charge is -2.29. The molecular weight excluding hydrogens is 449 g/mol. The normalized spacial score (nSPS) is 18.5. The first-order valence-corrected chi connectivity index (χ1v) is 12.1. The maximum atomic E-state index is 14.1. The fourth-order valence-corrected chi connectivity index (χ4v) is 4.00. The average molecular weight is 492 g/mol. The molecule has 0 unspecified atom stereocenters. The van der Waals surface area contributed by atoms with E-state index in [0.29, 0.717) is 18.9 Å². The van der Waals surface area contributed by atoms with Gasteiger partial charge in [-0.05, 0) is 57.9 Å². The van der Waals surface area contributed by atoms with E-state index in [9.17, 15) is 9.18 Å². The number of likely N-dealkylation sites (tertiary alicyclic amines) is 1. The van der Waals surface area contributed by atoms with Gasteiger partial charge in [0.05, 0.1) is 11.3 Å². The van der Waals surface area contributed by atoms with Crippen LogP contribution in [-0.4, -0.2) is 72.6 Å². The molecule has 1 atom stereocenters. The lowest BCUT2D eigenvalue weighted by molar-refractivity contribution is -0.117. The number of carbonyl (C=O) groups is 1. The van der Waals surface area contributed by atoms with Crippen molar-refractivity contribution < 1.29 is 18.7 Å². The number of H-pyrrole nitrogens is 1. The van der Waals surface area contributed by atoms with Crippen LogP contribution in [0.3, 0.4) is 0 Å². The molecule has 1 amide bonds. The smallest absolute Gasteiger partial charge is 0.215 e. The van der Waals surface area contributed by atoms with Crippen molar-refractivity contribution in [3.05, 3.63) is 29.3 Å². The molecule has 9 heteroatoms. The van der Waals surface area contributed by atoms with Gasteiger partial charge in [-0.15, -0.1) is 0 Å². The second-order valence-corrected chi connectivity index (χ2v) is 10.9. The zero-order valence-corrected chi connectivity index (χ0v) is 22.5. The van der Waals surface area contributed by atoms with Crippen LogP contribution in [0.1, 0.15) is 58.7 Å². The van der Waals surface area contributed by atoms with E-state index in [-0.39, 0.29) is 17.1 Å². The van der Waals surface area contributed by atoms with Crippen LogP contribution >= 0.6 is 0 Å². The Hall–Kier alpha value is -2.52. The van der Waals surface area contributed by atoms with Crippen LogP contribution < -0.4 is 5.32 Å². The van der Waals surface area contributed by atoms with Crippen molar-refractivity contribution in [3.8, 4) is 11.3 Å². The van der Waals surface area contributed by atoms with E-state index in [0.717, 1.165) is 49.0 Å². The third-order valence-corrected chi connectivity index (χ3v) is 6.06. The molecule has 4 rings (SSSR count). The highest BCUT2D eigenvalue weighted by atomic mass is 19.1. The van der Waals surface area contributed by atoms with Gasteiger partial charge in [-0.3, -0.25) is 9.89 Å². The molecule has 0 spiro atoms. The minimum Gasteiger partial charge on any atom is -0.388 e. The van der Waals surface area contributed by atoms with E-state index in [1.807, 2.05) is 26.8 Å². The number of nitrogens with one attached hydrogen (secondary N) is 2. The summed E-state index contributed by atoms with van der Waals surface area (Å²) in [5, 5.41) is 10.9. The Labute approximate surface area is 209 Å². The van der Waals surface area contributed by atoms with Crippen LogP contribution in [0.15, 0.2) is 12.1 Å². The van der Waals surface area contributed by atoms with Gasteiger partial charge >= 0.3 is 0 Å². The Morgan fingerprint density at radius 2 is 1.91 bits per heavy atom. The molecular formula is C26H42FN5O3. The summed E-state index contributed by atoms with van der Waals surface area (Å²) in [5.74, 6) is -0.0335. The Morgan fingerprint density at radius 3 is 2.49 bits per heavy atom. The summed E-state index contributed by atoms with van der Waals surface area (Å²) in [5.41, 5.74) is 4.21. The van der Waals surface area contributed by atoms with Crippen molar-refractivity contribution in [2.24, 2.45) is 5.41 Å². The molecule has 35 heavy (non-hydrogen) atoms. The summed E-state index contributed by atoms with van der Waals surface area (Å²) in [4.78, 5) is 16.5. The van der Waals surface area contributed by atoms with E-state index in [2.05, 4.69) is 39.1 Å². The van der Waals surface area contributed by atoms with Crippen molar-refractivity contribution >= 4 is 12.2 Å². The van der Waals surface area contributed by atoms with Crippen LogP contribution in [0.4, 0.5) is 10.2 Å². The lowest BCUT2D eigenvalue weighted by Crippen LogP contribution is -2.25. The number of rotatable bonds is 4. The van der Waals surface area contributed by atoms with Crippen LogP contribution in [0.2, 0.25) is 0 Å². The molecule has 2 aliphatic rings. The molecule has 1 fully saturated rings. The quantitative estimate of drug-likeness (QED) is 0.485. The summed E-state index contributed by atoms with van der Waals surface area (Å²) >= 11 is 0. The van der Waals surface area contributed by atoms with Gasteiger partial charge in [-0.2, -0.15) is 9.49 Å². The zero-order chi connectivity index (χ0) is 26.2. The predicted molar refractivity (Wildman–Crippen MR) is 137 cm³/mol. The third kappa shape index (κ3) is 8.89. The predicted octanol–water partition coefficient (Wildman–Crippen LogP) is 4.46. The number of carbonyl (C=O) groups excluding carboxylic acids is 1. The molecule has 0 saturated carbocycles. The minimum atomic E-state index is -0.525. The molecule has 1 aliphatic heterocycles. The molecule has 2 N–H and O–H groups in total. The van der Waals surface area contributed by atoms with E-state index >= 15 is 0 Å².